The van der Waals surface area contributed by atoms with Crippen LogP contribution in [0.15, 0.2) is 0 Å². The van der Waals surface area contributed by atoms with Crippen molar-refractivity contribution >= 4 is 12.0 Å². The van der Waals surface area contributed by atoms with Crippen LogP contribution in [0.4, 0.5) is 4.79 Å². The van der Waals surface area contributed by atoms with Crippen LogP contribution in [-0.4, -0.2) is 53.8 Å². The van der Waals surface area contributed by atoms with E-state index in [0.29, 0.717) is 32.6 Å². The van der Waals surface area contributed by atoms with Crippen LogP contribution in [-0.2, 0) is 9.53 Å². The van der Waals surface area contributed by atoms with Gasteiger partial charge in [0, 0.05) is 12.6 Å². The highest BCUT2D eigenvalue weighted by Crippen LogP contribution is 2.25. The second-order valence-corrected chi connectivity index (χ2v) is 5.11. The molecular formula is C12H20N2O4. The van der Waals surface area contributed by atoms with Crippen molar-refractivity contribution in [1.82, 2.24) is 10.2 Å². The van der Waals surface area contributed by atoms with Crippen LogP contribution >= 0.6 is 0 Å². The number of morpholine rings is 1. The monoisotopic (exact) mass is 256 g/mol. The number of hydrogen-bond donors (Lipinski definition) is 2. The zero-order valence-electron chi connectivity index (χ0n) is 10.6. The fourth-order valence-corrected chi connectivity index (χ4v) is 2.62. The van der Waals surface area contributed by atoms with E-state index in [4.69, 9.17) is 9.84 Å². The van der Waals surface area contributed by atoms with Gasteiger partial charge in [-0.1, -0.05) is 0 Å². The Morgan fingerprint density at radius 2 is 2.17 bits per heavy atom. The van der Waals surface area contributed by atoms with Gasteiger partial charge < -0.3 is 20.1 Å². The Kier molecular flexibility index (Phi) is 4.06. The zero-order valence-corrected chi connectivity index (χ0v) is 10.6. The molecule has 2 fully saturated rings. The van der Waals surface area contributed by atoms with E-state index in [1.54, 1.807) is 4.90 Å². The maximum Gasteiger partial charge on any atom is 0.318 e. The van der Waals surface area contributed by atoms with Crippen LogP contribution in [0.2, 0.25) is 0 Å². The first-order chi connectivity index (χ1) is 8.58. The number of amides is 2. The summed E-state index contributed by atoms with van der Waals surface area (Å²) in [5, 5.41) is 11.8. The average Bonchev–Trinajstić information content (AvgIpc) is 2.78. The first-order valence-corrected chi connectivity index (χ1v) is 6.45. The largest absolute Gasteiger partial charge is 0.481 e. The average molecular weight is 256 g/mol. The van der Waals surface area contributed by atoms with Gasteiger partial charge >= 0.3 is 12.0 Å². The molecule has 102 valence electrons. The first kappa shape index (κ1) is 13.1. The van der Waals surface area contributed by atoms with Gasteiger partial charge in [0.05, 0.1) is 25.2 Å². The van der Waals surface area contributed by atoms with Gasteiger partial charge in [-0.2, -0.15) is 0 Å². The SMILES string of the molecule is CC1COCCN1C(=O)N[C@H]1CC[C@@H](C(=O)O)C1. The highest BCUT2D eigenvalue weighted by molar-refractivity contribution is 5.75. The fourth-order valence-electron chi connectivity index (χ4n) is 2.62. The van der Waals surface area contributed by atoms with Crippen LogP contribution in [0.1, 0.15) is 26.2 Å². The molecule has 2 amide bonds. The molecule has 0 aromatic carbocycles. The molecule has 1 unspecified atom stereocenters. The molecule has 1 aliphatic carbocycles. The molecule has 0 bridgehead atoms. The lowest BCUT2D eigenvalue weighted by Crippen LogP contribution is -2.53. The summed E-state index contributed by atoms with van der Waals surface area (Å²) >= 11 is 0. The minimum atomic E-state index is -0.758. The molecule has 2 rings (SSSR count). The summed E-state index contributed by atoms with van der Waals surface area (Å²) in [7, 11) is 0. The number of hydrogen-bond acceptors (Lipinski definition) is 3. The lowest BCUT2D eigenvalue weighted by Gasteiger charge is -2.34. The van der Waals surface area contributed by atoms with Crippen LogP contribution in [0.5, 0.6) is 0 Å². The lowest BCUT2D eigenvalue weighted by molar-refractivity contribution is -0.141. The molecule has 1 saturated carbocycles. The van der Waals surface area contributed by atoms with E-state index in [2.05, 4.69) is 5.32 Å². The quantitative estimate of drug-likeness (QED) is 0.761. The number of carboxylic acids is 1. The summed E-state index contributed by atoms with van der Waals surface area (Å²) in [5.74, 6) is -1.07. The fraction of sp³-hybridized carbons (Fsp3) is 0.833. The molecule has 18 heavy (non-hydrogen) atoms. The normalized spacial score (nSPS) is 32.3. The Bertz CT molecular complexity index is 334. The number of aliphatic carboxylic acids is 1. The van der Waals surface area contributed by atoms with Gasteiger partial charge in [0.25, 0.3) is 0 Å². The van der Waals surface area contributed by atoms with Crippen LogP contribution in [0, 0.1) is 5.92 Å². The molecule has 0 aromatic heterocycles. The number of carboxylic acid groups (broad SMARTS) is 1. The molecule has 2 N–H and O–H groups in total. The summed E-state index contributed by atoms with van der Waals surface area (Å²) in [6, 6.07) is -0.0223. The minimum absolute atomic E-state index is 0.00588. The van der Waals surface area contributed by atoms with Gasteiger partial charge in [0.1, 0.15) is 0 Å². The summed E-state index contributed by atoms with van der Waals surface area (Å²) in [6.45, 7) is 3.69. The Balaban J connectivity index is 1.82. The van der Waals surface area contributed by atoms with E-state index < -0.39 is 5.97 Å². The highest BCUT2D eigenvalue weighted by Gasteiger charge is 2.32. The second-order valence-electron chi connectivity index (χ2n) is 5.11. The summed E-state index contributed by atoms with van der Waals surface area (Å²) in [6.07, 6.45) is 1.94. The van der Waals surface area contributed by atoms with Crippen molar-refractivity contribution in [3.05, 3.63) is 0 Å². The third-order valence-corrected chi connectivity index (χ3v) is 3.74. The minimum Gasteiger partial charge on any atom is -0.481 e. The van der Waals surface area contributed by atoms with Gasteiger partial charge in [0.15, 0.2) is 0 Å². The van der Waals surface area contributed by atoms with Crippen molar-refractivity contribution < 1.29 is 19.4 Å². The predicted molar refractivity (Wildman–Crippen MR) is 64.3 cm³/mol. The van der Waals surface area contributed by atoms with E-state index in [1.165, 1.54) is 0 Å². The Morgan fingerprint density at radius 1 is 1.39 bits per heavy atom. The van der Waals surface area contributed by atoms with E-state index in [-0.39, 0.29) is 24.0 Å². The maximum absolute atomic E-state index is 12.1. The van der Waals surface area contributed by atoms with Gasteiger partial charge in [0.2, 0.25) is 0 Å². The number of urea groups is 1. The molecule has 6 heteroatoms. The summed E-state index contributed by atoms with van der Waals surface area (Å²) in [5.41, 5.74) is 0. The number of nitrogens with one attached hydrogen (secondary N) is 1. The Labute approximate surface area is 106 Å². The van der Waals surface area contributed by atoms with Crippen molar-refractivity contribution in [2.45, 2.75) is 38.3 Å². The summed E-state index contributed by atoms with van der Waals surface area (Å²) in [4.78, 5) is 24.7. The Hall–Kier alpha value is -1.30. The third kappa shape index (κ3) is 2.93. The molecule has 1 aliphatic heterocycles. The highest BCUT2D eigenvalue weighted by atomic mass is 16.5. The van der Waals surface area contributed by atoms with E-state index in [1.807, 2.05) is 6.92 Å². The van der Waals surface area contributed by atoms with Crippen LogP contribution < -0.4 is 5.32 Å². The number of nitrogens with zero attached hydrogens (tertiary/aromatic N) is 1. The van der Waals surface area contributed by atoms with E-state index >= 15 is 0 Å². The van der Waals surface area contributed by atoms with Crippen molar-refractivity contribution in [2.24, 2.45) is 5.92 Å². The third-order valence-electron chi connectivity index (χ3n) is 3.74. The zero-order chi connectivity index (χ0) is 13.1. The molecule has 1 heterocycles. The smallest absolute Gasteiger partial charge is 0.318 e. The number of carbonyl (C=O) groups excluding carboxylic acids is 1. The second kappa shape index (κ2) is 5.56. The van der Waals surface area contributed by atoms with E-state index in [9.17, 15) is 9.59 Å². The molecule has 2 aliphatic rings. The molecule has 0 aromatic rings. The van der Waals surface area contributed by atoms with Crippen molar-refractivity contribution in [1.29, 1.82) is 0 Å². The number of ether oxygens (including phenoxy) is 1. The lowest BCUT2D eigenvalue weighted by atomic mass is 10.1. The molecule has 3 atom stereocenters. The first-order valence-electron chi connectivity index (χ1n) is 6.45. The van der Waals surface area contributed by atoms with Gasteiger partial charge in [-0.15, -0.1) is 0 Å². The molecular weight excluding hydrogens is 236 g/mol. The van der Waals surface area contributed by atoms with Crippen LogP contribution in [0.25, 0.3) is 0 Å². The molecule has 1 saturated heterocycles. The number of carbonyl (C=O) groups is 2. The topological polar surface area (TPSA) is 78.9 Å². The molecule has 0 radical (unpaired) electrons. The molecule has 0 spiro atoms. The van der Waals surface area contributed by atoms with Gasteiger partial charge in [-0.25, -0.2) is 4.79 Å². The van der Waals surface area contributed by atoms with Gasteiger partial charge in [-0.05, 0) is 26.2 Å². The van der Waals surface area contributed by atoms with Crippen LogP contribution in [0.3, 0.4) is 0 Å². The molecule has 6 nitrogen and oxygen atoms in total. The van der Waals surface area contributed by atoms with Crippen molar-refractivity contribution in [3.8, 4) is 0 Å². The predicted octanol–water partition coefficient (Wildman–Crippen LogP) is 0.670. The van der Waals surface area contributed by atoms with Gasteiger partial charge in [-0.3, -0.25) is 4.79 Å². The Morgan fingerprint density at radius 3 is 2.78 bits per heavy atom. The van der Waals surface area contributed by atoms with Crippen molar-refractivity contribution in [2.75, 3.05) is 19.8 Å². The van der Waals surface area contributed by atoms with E-state index in [0.717, 1.165) is 6.42 Å². The standard InChI is InChI=1S/C12H20N2O4/c1-8-7-18-5-4-14(8)12(17)13-10-3-2-9(6-10)11(15)16/h8-10H,2-7H2,1H3,(H,13,17)(H,15,16)/t8?,9-,10+/m1/s1. The maximum atomic E-state index is 12.1. The summed E-state index contributed by atoms with van der Waals surface area (Å²) < 4.78 is 5.28. The van der Waals surface area contributed by atoms with Crippen molar-refractivity contribution in [3.63, 3.8) is 0 Å². The number of rotatable bonds is 2.